The van der Waals surface area contributed by atoms with E-state index in [0.717, 1.165) is 19.5 Å². The summed E-state index contributed by atoms with van der Waals surface area (Å²) in [6.07, 6.45) is 0. The molecule has 2 nitrogen and oxygen atoms in total. The van der Waals surface area contributed by atoms with Crippen LogP contribution in [-0.2, 0) is 4.79 Å². The molecule has 2 aromatic rings. The molecule has 2 rings (SSSR count). The van der Waals surface area contributed by atoms with E-state index in [1.165, 1.54) is 11.8 Å². The Morgan fingerprint density at radius 1 is 1.11 bits per heavy atom. The molecule has 0 atom stereocenters. The van der Waals surface area contributed by atoms with Crippen LogP contribution < -0.4 is 5.32 Å². The zero-order valence-corrected chi connectivity index (χ0v) is 13.9. The summed E-state index contributed by atoms with van der Waals surface area (Å²) < 4.78 is 1.83. The Hall–Kier alpha value is -0.780. The summed E-state index contributed by atoms with van der Waals surface area (Å²) in [5.74, 6) is 0.379. The van der Waals surface area contributed by atoms with E-state index >= 15 is 0 Å². The minimum Gasteiger partial charge on any atom is -0.324 e. The summed E-state index contributed by atoms with van der Waals surface area (Å²) in [6.45, 7) is 0. The van der Waals surface area contributed by atoms with E-state index in [4.69, 9.17) is 0 Å². The molecule has 1 N–H and O–H groups in total. The van der Waals surface area contributed by atoms with Crippen LogP contribution in [0.4, 0.5) is 5.69 Å². The molecular formula is C14H11Br2NOS. The standard InChI is InChI=1S/C14H11Br2NOS/c15-10-6-7-13(12(16)8-10)17-14(18)9-19-11-4-2-1-3-5-11/h1-8H,9H2,(H,17,18). The number of benzene rings is 2. The highest BCUT2D eigenvalue weighted by Gasteiger charge is 2.06. The van der Waals surface area contributed by atoms with Crippen molar-refractivity contribution >= 4 is 55.2 Å². The molecule has 0 unspecified atom stereocenters. The van der Waals surface area contributed by atoms with Crippen molar-refractivity contribution in [1.29, 1.82) is 0 Å². The predicted molar refractivity (Wildman–Crippen MR) is 87.6 cm³/mol. The molecule has 2 aromatic carbocycles. The van der Waals surface area contributed by atoms with Gasteiger partial charge in [-0.05, 0) is 46.3 Å². The topological polar surface area (TPSA) is 29.1 Å². The molecule has 5 heteroatoms. The molecule has 0 fully saturated rings. The van der Waals surface area contributed by atoms with Gasteiger partial charge in [0.15, 0.2) is 0 Å². The highest BCUT2D eigenvalue weighted by atomic mass is 79.9. The van der Waals surface area contributed by atoms with Gasteiger partial charge in [-0.15, -0.1) is 11.8 Å². The summed E-state index contributed by atoms with van der Waals surface area (Å²) in [7, 11) is 0. The average Bonchev–Trinajstić information content (AvgIpc) is 2.41. The van der Waals surface area contributed by atoms with E-state index in [1.807, 2.05) is 48.5 Å². The molecule has 19 heavy (non-hydrogen) atoms. The van der Waals surface area contributed by atoms with Crippen molar-refractivity contribution in [3.63, 3.8) is 0 Å². The smallest absolute Gasteiger partial charge is 0.234 e. The SMILES string of the molecule is O=C(CSc1ccccc1)Nc1ccc(Br)cc1Br. The van der Waals surface area contributed by atoms with Gasteiger partial charge in [0.2, 0.25) is 5.91 Å². The van der Waals surface area contributed by atoms with Crippen molar-refractivity contribution in [2.24, 2.45) is 0 Å². The highest BCUT2D eigenvalue weighted by molar-refractivity contribution is 9.11. The van der Waals surface area contributed by atoms with Crippen LogP contribution in [0, 0.1) is 0 Å². The first-order valence-electron chi connectivity index (χ1n) is 5.58. The number of anilines is 1. The van der Waals surface area contributed by atoms with Crippen LogP contribution in [0.5, 0.6) is 0 Å². The van der Waals surface area contributed by atoms with Crippen molar-refractivity contribution < 1.29 is 4.79 Å². The fraction of sp³-hybridized carbons (Fsp3) is 0.0714. The normalized spacial score (nSPS) is 10.2. The largest absolute Gasteiger partial charge is 0.324 e. The maximum atomic E-state index is 11.9. The maximum Gasteiger partial charge on any atom is 0.234 e. The lowest BCUT2D eigenvalue weighted by atomic mass is 10.3. The zero-order chi connectivity index (χ0) is 13.7. The number of rotatable bonds is 4. The molecule has 1 amide bonds. The van der Waals surface area contributed by atoms with Crippen LogP contribution in [0.2, 0.25) is 0 Å². The number of nitrogens with one attached hydrogen (secondary N) is 1. The number of carbonyl (C=O) groups excluding carboxylic acids is 1. The fourth-order valence-electron chi connectivity index (χ4n) is 1.44. The molecule has 0 aliphatic rings. The van der Waals surface area contributed by atoms with Crippen LogP contribution in [0.1, 0.15) is 0 Å². The van der Waals surface area contributed by atoms with Crippen LogP contribution in [0.15, 0.2) is 62.4 Å². The van der Waals surface area contributed by atoms with Gasteiger partial charge in [0.05, 0.1) is 11.4 Å². The quantitative estimate of drug-likeness (QED) is 0.736. The highest BCUT2D eigenvalue weighted by Crippen LogP contribution is 2.26. The predicted octanol–water partition coefficient (Wildman–Crippen LogP) is 4.94. The molecule has 0 aliphatic carbocycles. The molecular weight excluding hydrogens is 390 g/mol. The van der Waals surface area contributed by atoms with E-state index < -0.39 is 0 Å². The summed E-state index contributed by atoms with van der Waals surface area (Å²) in [5, 5.41) is 2.88. The Kier molecular flexibility index (Phi) is 5.48. The van der Waals surface area contributed by atoms with E-state index in [1.54, 1.807) is 0 Å². The molecule has 98 valence electrons. The van der Waals surface area contributed by atoms with Gasteiger partial charge in [-0.2, -0.15) is 0 Å². The molecule has 0 saturated carbocycles. The van der Waals surface area contributed by atoms with Gasteiger partial charge in [-0.1, -0.05) is 34.1 Å². The summed E-state index contributed by atoms with van der Waals surface area (Å²) in [6, 6.07) is 15.5. The van der Waals surface area contributed by atoms with Crippen LogP contribution >= 0.6 is 43.6 Å². The minimum atomic E-state index is -0.0168. The molecule has 0 heterocycles. The lowest BCUT2D eigenvalue weighted by Crippen LogP contribution is -2.14. The number of hydrogen-bond donors (Lipinski definition) is 1. The first-order chi connectivity index (χ1) is 9.15. The van der Waals surface area contributed by atoms with Gasteiger partial charge in [-0.3, -0.25) is 4.79 Å². The molecule has 0 bridgehead atoms. The van der Waals surface area contributed by atoms with E-state index in [2.05, 4.69) is 37.2 Å². The maximum absolute atomic E-state index is 11.9. The molecule has 0 aromatic heterocycles. The van der Waals surface area contributed by atoms with Crippen molar-refractivity contribution in [3.05, 3.63) is 57.5 Å². The second-order valence-electron chi connectivity index (χ2n) is 3.77. The fourth-order valence-corrected chi connectivity index (χ4v) is 3.31. The van der Waals surface area contributed by atoms with Crippen molar-refractivity contribution in [3.8, 4) is 0 Å². The summed E-state index contributed by atoms with van der Waals surface area (Å²) in [4.78, 5) is 12.9. The van der Waals surface area contributed by atoms with Crippen molar-refractivity contribution in [2.45, 2.75) is 4.90 Å². The molecule has 0 aliphatic heterocycles. The summed E-state index contributed by atoms with van der Waals surface area (Å²) >= 11 is 8.32. The molecule has 0 radical (unpaired) electrons. The van der Waals surface area contributed by atoms with Gasteiger partial charge >= 0.3 is 0 Å². The summed E-state index contributed by atoms with van der Waals surface area (Å²) in [5.41, 5.74) is 0.780. The van der Waals surface area contributed by atoms with Gasteiger partial charge in [0.25, 0.3) is 0 Å². The van der Waals surface area contributed by atoms with Gasteiger partial charge in [0.1, 0.15) is 0 Å². The molecule has 0 spiro atoms. The number of thioether (sulfide) groups is 1. The van der Waals surface area contributed by atoms with Crippen molar-refractivity contribution in [1.82, 2.24) is 0 Å². The second-order valence-corrected chi connectivity index (χ2v) is 6.59. The van der Waals surface area contributed by atoms with Crippen LogP contribution in [0.25, 0.3) is 0 Å². The second kappa shape index (κ2) is 7.12. The Bertz CT molecular complexity index is 575. The minimum absolute atomic E-state index is 0.0168. The Morgan fingerprint density at radius 2 is 1.84 bits per heavy atom. The van der Waals surface area contributed by atoms with Gasteiger partial charge in [-0.25, -0.2) is 0 Å². The van der Waals surface area contributed by atoms with Crippen LogP contribution in [0.3, 0.4) is 0 Å². The lowest BCUT2D eigenvalue weighted by molar-refractivity contribution is -0.113. The third-order valence-corrected chi connectivity index (χ3v) is 4.48. The third-order valence-electron chi connectivity index (χ3n) is 2.32. The van der Waals surface area contributed by atoms with E-state index in [0.29, 0.717) is 5.75 Å². The Labute approximate surface area is 133 Å². The monoisotopic (exact) mass is 399 g/mol. The Balaban J connectivity index is 1.91. The van der Waals surface area contributed by atoms with E-state index in [9.17, 15) is 4.79 Å². The number of carbonyl (C=O) groups is 1. The van der Waals surface area contributed by atoms with Crippen molar-refractivity contribution in [2.75, 3.05) is 11.1 Å². The first-order valence-corrected chi connectivity index (χ1v) is 8.15. The Morgan fingerprint density at radius 3 is 2.53 bits per heavy atom. The number of amides is 1. The van der Waals surface area contributed by atoms with E-state index in [-0.39, 0.29) is 5.91 Å². The van der Waals surface area contributed by atoms with Gasteiger partial charge < -0.3 is 5.32 Å². The third kappa shape index (κ3) is 4.67. The first kappa shape index (κ1) is 14.6. The molecule has 0 saturated heterocycles. The number of halogens is 2. The number of hydrogen-bond acceptors (Lipinski definition) is 2. The average molecular weight is 401 g/mol. The zero-order valence-electron chi connectivity index (χ0n) is 9.90. The lowest BCUT2D eigenvalue weighted by Gasteiger charge is -2.07. The van der Waals surface area contributed by atoms with Gasteiger partial charge in [0, 0.05) is 13.8 Å². The van der Waals surface area contributed by atoms with Crippen LogP contribution in [-0.4, -0.2) is 11.7 Å².